The number of aromatic nitrogens is 4. The Morgan fingerprint density at radius 1 is 1.16 bits per heavy atom. The highest BCUT2D eigenvalue weighted by atomic mass is 32.3. The van der Waals surface area contributed by atoms with Gasteiger partial charge in [0.05, 0.1) is 18.0 Å². The smallest absolute Gasteiger partial charge is 0.257 e. The van der Waals surface area contributed by atoms with Crippen molar-refractivity contribution in [3.63, 3.8) is 0 Å². The number of anilines is 1. The first kappa shape index (κ1) is 32.7. The van der Waals surface area contributed by atoms with E-state index in [1.807, 2.05) is 13.8 Å². The molecule has 2 amide bonds. The SMILES string of the molecule is CCc1c(-c2ccc(NC(=O)[C@@H](NC(=O)c3conc3C)C3CCC(C)CC3)nc2F)c(C)nn1COCCS(C)(C)C. The van der Waals surface area contributed by atoms with Gasteiger partial charge in [0.1, 0.15) is 30.4 Å². The normalized spacial score (nSPS) is 18.3. The second-order valence-electron chi connectivity index (χ2n) is 12.4. The highest BCUT2D eigenvalue weighted by Gasteiger charge is 2.34. The minimum Gasteiger partial charge on any atom is -0.364 e. The van der Waals surface area contributed by atoms with Crippen molar-refractivity contribution in [2.45, 2.75) is 72.6 Å². The average molecular weight is 617 g/mol. The van der Waals surface area contributed by atoms with Gasteiger partial charge in [-0.25, -0.2) is 19.7 Å². The summed E-state index contributed by atoms with van der Waals surface area (Å²) in [6.07, 6.45) is 12.2. The summed E-state index contributed by atoms with van der Waals surface area (Å²) < 4.78 is 28.1. The molecule has 0 bridgehead atoms. The maximum atomic E-state index is 15.6. The summed E-state index contributed by atoms with van der Waals surface area (Å²) in [6.45, 7) is 8.63. The van der Waals surface area contributed by atoms with Gasteiger partial charge < -0.3 is 19.9 Å². The molecule has 1 aliphatic rings. The van der Waals surface area contributed by atoms with Crippen molar-refractivity contribution in [1.82, 2.24) is 25.2 Å². The number of aryl methyl sites for hydroxylation is 2. The van der Waals surface area contributed by atoms with Gasteiger partial charge >= 0.3 is 0 Å². The fraction of sp³-hybridized carbons (Fsp3) is 0.581. The predicted molar refractivity (Wildman–Crippen MR) is 168 cm³/mol. The summed E-state index contributed by atoms with van der Waals surface area (Å²) in [5, 5.41) is 14.0. The molecule has 2 N–H and O–H groups in total. The second-order valence-corrected chi connectivity index (χ2v) is 17.0. The van der Waals surface area contributed by atoms with Crippen molar-refractivity contribution in [3.05, 3.63) is 47.0 Å². The van der Waals surface area contributed by atoms with Crippen LogP contribution in [-0.4, -0.2) is 68.9 Å². The fourth-order valence-electron chi connectivity index (χ4n) is 5.55. The number of pyridine rings is 1. The Kier molecular flexibility index (Phi) is 10.7. The van der Waals surface area contributed by atoms with Crippen molar-refractivity contribution in [1.29, 1.82) is 0 Å². The van der Waals surface area contributed by atoms with Gasteiger partial charge in [-0.1, -0.05) is 31.8 Å². The third-order valence-electron chi connectivity index (χ3n) is 8.09. The number of carbonyl (C=O) groups excluding carboxylic acids is 2. The van der Waals surface area contributed by atoms with Crippen molar-refractivity contribution < 1.29 is 23.2 Å². The molecule has 3 aromatic rings. The van der Waals surface area contributed by atoms with Crippen molar-refractivity contribution >= 4 is 27.7 Å². The van der Waals surface area contributed by atoms with E-state index in [0.29, 0.717) is 48.2 Å². The van der Waals surface area contributed by atoms with Crippen LogP contribution >= 0.6 is 10.0 Å². The fourth-order valence-corrected chi connectivity index (χ4v) is 6.16. The van der Waals surface area contributed by atoms with Crippen LogP contribution in [0.3, 0.4) is 0 Å². The molecule has 12 heteroatoms. The van der Waals surface area contributed by atoms with E-state index in [1.165, 1.54) is 6.26 Å². The largest absolute Gasteiger partial charge is 0.364 e. The summed E-state index contributed by atoms with van der Waals surface area (Å²) in [4.78, 5) is 30.6. The van der Waals surface area contributed by atoms with Gasteiger partial charge in [-0.3, -0.25) is 9.59 Å². The number of carbonyl (C=O) groups is 2. The molecule has 1 aliphatic carbocycles. The maximum Gasteiger partial charge on any atom is 0.257 e. The van der Waals surface area contributed by atoms with E-state index in [4.69, 9.17) is 9.26 Å². The third kappa shape index (κ3) is 8.23. The van der Waals surface area contributed by atoms with Crippen LogP contribution in [0, 0.1) is 31.6 Å². The standard InChI is InChI=1S/C31H45FN6O4S/c1-8-25-27(21(4)36-38(25)18-41-15-16-43(5,6)7)23-13-14-26(33-29(23)32)34-31(40)28(22-11-9-19(2)10-12-22)35-30(39)24-17-42-37-20(24)3/h13-14,17,19,22,28H,8-12,15-16,18H2,1-7H3,(H,35,39)(H,33,34,40)/t19?,22?,28-/m0/s1. The number of amides is 2. The molecule has 1 fully saturated rings. The molecule has 10 nitrogen and oxygen atoms in total. The van der Waals surface area contributed by atoms with Crippen LogP contribution in [0.2, 0.25) is 0 Å². The lowest BCUT2D eigenvalue weighted by atomic mass is 9.79. The van der Waals surface area contributed by atoms with Gasteiger partial charge in [0.15, 0.2) is 0 Å². The van der Waals surface area contributed by atoms with Crippen molar-refractivity contribution in [2.24, 2.45) is 11.8 Å². The lowest BCUT2D eigenvalue weighted by molar-refractivity contribution is -0.119. The van der Waals surface area contributed by atoms with Crippen LogP contribution in [0.1, 0.15) is 67.0 Å². The first-order valence-corrected chi connectivity index (χ1v) is 17.9. The van der Waals surface area contributed by atoms with E-state index in [1.54, 1.807) is 23.7 Å². The maximum absolute atomic E-state index is 15.6. The summed E-state index contributed by atoms with van der Waals surface area (Å²) in [5.74, 6) is 0.00170. The van der Waals surface area contributed by atoms with Crippen LogP contribution < -0.4 is 10.6 Å². The molecule has 0 aromatic carbocycles. The molecule has 0 spiro atoms. The topological polar surface area (TPSA) is 124 Å². The highest BCUT2D eigenvalue weighted by Crippen LogP contribution is 2.34. The zero-order valence-electron chi connectivity index (χ0n) is 26.3. The van der Waals surface area contributed by atoms with E-state index >= 15 is 4.39 Å². The number of rotatable bonds is 12. The Bertz CT molecular complexity index is 1420. The van der Waals surface area contributed by atoms with E-state index in [2.05, 4.69) is 51.6 Å². The van der Waals surface area contributed by atoms with Gasteiger partial charge in [-0.05, 0) is 75.8 Å². The number of hydrogen-bond acceptors (Lipinski definition) is 7. The molecule has 0 saturated heterocycles. The average Bonchev–Trinajstić information content (AvgIpc) is 3.51. The lowest BCUT2D eigenvalue weighted by Gasteiger charge is -2.32. The molecule has 3 heterocycles. The Hall–Kier alpha value is -3.25. The highest BCUT2D eigenvalue weighted by molar-refractivity contribution is 8.32. The molecule has 43 heavy (non-hydrogen) atoms. The second kappa shape index (κ2) is 14.0. The van der Waals surface area contributed by atoms with Gasteiger partial charge in [0.2, 0.25) is 11.9 Å². The van der Waals surface area contributed by atoms with Crippen LogP contribution in [-0.2, 0) is 22.7 Å². The van der Waals surface area contributed by atoms with Crippen LogP contribution in [0.15, 0.2) is 22.9 Å². The van der Waals surface area contributed by atoms with Gasteiger partial charge in [-0.2, -0.15) is 9.49 Å². The number of halogens is 1. The Balaban J connectivity index is 1.51. The van der Waals surface area contributed by atoms with Crippen LogP contribution in [0.25, 0.3) is 11.1 Å². The molecule has 4 rings (SSSR count). The van der Waals surface area contributed by atoms with E-state index in [9.17, 15) is 9.59 Å². The monoisotopic (exact) mass is 616 g/mol. The molecule has 0 radical (unpaired) electrons. The molecule has 236 valence electrons. The van der Waals surface area contributed by atoms with Crippen LogP contribution in [0.4, 0.5) is 10.2 Å². The molecule has 1 saturated carbocycles. The number of nitrogens with zero attached hydrogens (tertiary/aromatic N) is 4. The first-order valence-electron chi connectivity index (χ1n) is 14.9. The molecular formula is C31H45FN6O4S. The van der Waals surface area contributed by atoms with Crippen molar-refractivity contribution in [2.75, 3.05) is 36.4 Å². The summed E-state index contributed by atoms with van der Waals surface area (Å²) in [6, 6.07) is 2.39. The van der Waals surface area contributed by atoms with E-state index in [-0.39, 0.29) is 17.3 Å². The van der Waals surface area contributed by atoms with Crippen molar-refractivity contribution in [3.8, 4) is 11.1 Å². The summed E-state index contributed by atoms with van der Waals surface area (Å²) in [7, 11) is -0.661. The molecule has 0 unspecified atom stereocenters. The molecule has 1 atom stereocenters. The number of ether oxygens (including phenoxy) is 1. The van der Waals surface area contributed by atoms with Gasteiger partial charge in [0, 0.05) is 22.6 Å². The number of nitrogens with one attached hydrogen (secondary N) is 2. The zero-order chi connectivity index (χ0) is 31.3. The van der Waals surface area contributed by atoms with Crippen LogP contribution in [0.5, 0.6) is 0 Å². The Labute approximate surface area is 254 Å². The third-order valence-corrected chi connectivity index (χ3v) is 9.48. The van der Waals surface area contributed by atoms with Gasteiger partial charge in [0.25, 0.3) is 5.91 Å². The first-order chi connectivity index (χ1) is 20.4. The minimum atomic E-state index is -0.814. The summed E-state index contributed by atoms with van der Waals surface area (Å²) >= 11 is 0. The molecular weight excluding hydrogens is 571 g/mol. The number of hydrogen-bond donors (Lipinski definition) is 2. The van der Waals surface area contributed by atoms with E-state index < -0.39 is 33.8 Å². The lowest BCUT2D eigenvalue weighted by Crippen LogP contribution is -2.49. The van der Waals surface area contributed by atoms with E-state index in [0.717, 1.165) is 37.1 Å². The Morgan fingerprint density at radius 3 is 2.49 bits per heavy atom. The molecule has 3 aromatic heterocycles. The molecule has 0 aliphatic heterocycles. The predicted octanol–water partition coefficient (Wildman–Crippen LogP) is 5.48. The zero-order valence-corrected chi connectivity index (χ0v) is 27.1. The summed E-state index contributed by atoms with van der Waals surface area (Å²) in [5.41, 5.74) is 3.25. The van der Waals surface area contributed by atoms with Gasteiger partial charge in [-0.15, -0.1) is 0 Å². The minimum absolute atomic E-state index is 0.0583. The quantitative estimate of drug-likeness (QED) is 0.204. The Morgan fingerprint density at radius 2 is 1.88 bits per heavy atom.